The number of hydrogen-bond acceptors (Lipinski definition) is 1. The van der Waals surface area contributed by atoms with Crippen LogP contribution in [0.2, 0.25) is 0 Å². The van der Waals surface area contributed by atoms with Gasteiger partial charge >= 0.3 is 0 Å². The van der Waals surface area contributed by atoms with Crippen LogP contribution in [0.1, 0.15) is 0 Å². The summed E-state index contributed by atoms with van der Waals surface area (Å²) in [6, 6.07) is 0. The third kappa shape index (κ3) is 4.98. The Hall–Kier alpha value is 0.650. The van der Waals surface area contributed by atoms with Gasteiger partial charge in [0.25, 0.3) is 12.9 Å². The maximum Gasteiger partial charge on any atom is 0.263 e. The van der Waals surface area contributed by atoms with E-state index in [0.717, 1.165) is 0 Å². The highest BCUT2D eigenvalue weighted by Crippen LogP contribution is 2.31. The van der Waals surface area contributed by atoms with Gasteiger partial charge in [-0.1, -0.05) is 0 Å². The molecular formula is C4H4Cl2F4S. The summed E-state index contributed by atoms with van der Waals surface area (Å²) in [6.07, 6.45) is -5.69. The highest BCUT2D eigenvalue weighted by atomic mass is 35.5. The van der Waals surface area contributed by atoms with Crippen molar-refractivity contribution in [2.45, 2.75) is 22.3 Å². The van der Waals surface area contributed by atoms with Gasteiger partial charge in [0.2, 0.25) is 0 Å². The van der Waals surface area contributed by atoms with Gasteiger partial charge in [0.15, 0.2) is 0 Å². The lowest BCUT2D eigenvalue weighted by atomic mass is 10.8. The monoisotopic (exact) mass is 230 g/mol. The van der Waals surface area contributed by atoms with Gasteiger partial charge in [0.05, 0.1) is 0 Å². The van der Waals surface area contributed by atoms with Crippen LogP contribution in [0.5, 0.6) is 0 Å². The van der Waals surface area contributed by atoms with Gasteiger partial charge in [0, 0.05) is 0 Å². The summed E-state index contributed by atoms with van der Waals surface area (Å²) in [6.45, 7) is 0. The van der Waals surface area contributed by atoms with E-state index in [4.69, 9.17) is 23.2 Å². The molecule has 0 fully saturated rings. The summed E-state index contributed by atoms with van der Waals surface area (Å²) in [5.74, 6) is 0. The van der Waals surface area contributed by atoms with Crippen molar-refractivity contribution in [1.82, 2.24) is 0 Å². The van der Waals surface area contributed by atoms with Crippen molar-refractivity contribution in [3.63, 3.8) is 0 Å². The molecule has 0 heterocycles. The fourth-order valence-electron chi connectivity index (χ4n) is 0.243. The van der Waals surface area contributed by atoms with E-state index >= 15 is 0 Å². The maximum absolute atomic E-state index is 11.6. The number of rotatable bonds is 4. The SMILES string of the molecule is FC(F)C(Cl)SC(Cl)C(F)F. The number of halogens is 6. The third-order valence-corrected chi connectivity index (χ3v) is 2.59. The zero-order valence-corrected chi connectivity index (χ0v) is 7.31. The zero-order valence-electron chi connectivity index (χ0n) is 4.99. The Morgan fingerprint density at radius 3 is 1.27 bits per heavy atom. The van der Waals surface area contributed by atoms with Gasteiger partial charge in [-0.05, 0) is 0 Å². The lowest BCUT2D eigenvalue weighted by Crippen LogP contribution is -2.14. The van der Waals surface area contributed by atoms with E-state index < -0.39 is 22.3 Å². The van der Waals surface area contributed by atoms with E-state index in [1.54, 1.807) is 0 Å². The molecule has 0 aromatic heterocycles. The quantitative estimate of drug-likeness (QED) is 0.527. The van der Waals surface area contributed by atoms with Crippen LogP contribution >= 0.6 is 35.0 Å². The lowest BCUT2D eigenvalue weighted by Gasteiger charge is -2.11. The minimum atomic E-state index is -2.85. The van der Waals surface area contributed by atoms with Gasteiger partial charge in [-0.3, -0.25) is 0 Å². The van der Waals surface area contributed by atoms with Gasteiger partial charge in [-0.25, -0.2) is 17.6 Å². The summed E-state index contributed by atoms with van der Waals surface area (Å²) in [4.78, 5) is 0. The second-order valence-corrected chi connectivity index (χ2v) is 4.25. The zero-order chi connectivity index (χ0) is 9.02. The Balaban J connectivity index is 3.66. The normalized spacial score (nSPS) is 17.5. The summed E-state index contributed by atoms with van der Waals surface area (Å²) in [5, 5.41) is 0. The Labute approximate surface area is 75.2 Å². The maximum atomic E-state index is 11.6. The van der Waals surface area contributed by atoms with Crippen LogP contribution in [0, 0.1) is 0 Å². The Kier molecular flexibility index (Phi) is 5.64. The van der Waals surface area contributed by atoms with Crippen LogP contribution in [0.4, 0.5) is 17.6 Å². The minimum Gasteiger partial charge on any atom is -0.208 e. The molecule has 68 valence electrons. The predicted molar refractivity (Wildman–Crippen MR) is 38.9 cm³/mol. The molecule has 0 aliphatic rings. The van der Waals surface area contributed by atoms with Gasteiger partial charge in [0.1, 0.15) is 9.42 Å². The highest BCUT2D eigenvalue weighted by molar-refractivity contribution is 8.02. The summed E-state index contributed by atoms with van der Waals surface area (Å²) in [5.41, 5.74) is 0. The number of alkyl halides is 6. The molecule has 0 saturated carbocycles. The van der Waals surface area contributed by atoms with E-state index in [2.05, 4.69) is 0 Å². The third-order valence-electron chi connectivity index (χ3n) is 0.656. The molecule has 11 heavy (non-hydrogen) atoms. The van der Waals surface area contributed by atoms with Crippen molar-refractivity contribution in [3.8, 4) is 0 Å². The Bertz CT molecular complexity index is 100. The molecule has 7 heteroatoms. The van der Waals surface area contributed by atoms with E-state index in [0.29, 0.717) is 0 Å². The fraction of sp³-hybridized carbons (Fsp3) is 1.00. The fourth-order valence-corrected chi connectivity index (χ4v) is 1.55. The van der Waals surface area contributed by atoms with Gasteiger partial charge < -0.3 is 0 Å². The van der Waals surface area contributed by atoms with Crippen molar-refractivity contribution >= 4 is 35.0 Å². The topological polar surface area (TPSA) is 0 Å². The smallest absolute Gasteiger partial charge is 0.208 e. The molecule has 0 bridgehead atoms. The average molecular weight is 231 g/mol. The first-order chi connectivity index (χ1) is 4.95. The first-order valence-electron chi connectivity index (χ1n) is 2.45. The van der Waals surface area contributed by atoms with E-state index in [1.165, 1.54) is 0 Å². The van der Waals surface area contributed by atoms with Crippen molar-refractivity contribution in [2.75, 3.05) is 0 Å². The molecule has 0 rings (SSSR count). The van der Waals surface area contributed by atoms with Crippen LogP contribution in [0.15, 0.2) is 0 Å². The molecule has 0 aromatic rings. The molecule has 0 radical (unpaired) electrons. The number of thioether (sulfide) groups is 1. The molecule has 0 aromatic carbocycles. The van der Waals surface area contributed by atoms with Crippen LogP contribution in [0.3, 0.4) is 0 Å². The van der Waals surface area contributed by atoms with Crippen LogP contribution < -0.4 is 0 Å². The molecular weight excluding hydrogens is 227 g/mol. The molecule has 0 nitrogen and oxygen atoms in total. The molecule has 0 spiro atoms. The van der Waals surface area contributed by atoms with E-state index in [9.17, 15) is 17.6 Å². The Morgan fingerprint density at radius 2 is 1.09 bits per heavy atom. The van der Waals surface area contributed by atoms with E-state index in [1.807, 2.05) is 0 Å². The van der Waals surface area contributed by atoms with Crippen LogP contribution in [-0.2, 0) is 0 Å². The predicted octanol–water partition coefficient (Wildman–Crippen LogP) is 3.38. The standard InChI is InChI=1S/C4H4Cl2F4S/c5-1(3(7)8)11-2(6)4(9)10/h1-4H. The van der Waals surface area contributed by atoms with Gasteiger partial charge in [-0.2, -0.15) is 0 Å². The molecule has 0 amide bonds. The van der Waals surface area contributed by atoms with Crippen LogP contribution in [-0.4, -0.2) is 22.3 Å². The molecule has 0 N–H and O–H groups in total. The summed E-state index contributed by atoms with van der Waals surface area (Å²) < 4.78 is 43.0. The Morgan fingerprint density at radius 1 is 0.818 bits per heavy atom. The van der Waals surface area contributed by atoms with Crippen LogP contribution in [0.25, 0.3) is 0 Å². The molecule has 2 atom stereocenters. The highest BCUT2D eigenvalue weighted by Gasteiger charge is 2.26. The summed E-state index contributed by atoms with van der Waals surface area (Å²) in [7, 11) is 0. The lowest BCUT2D eigenvalue weighted by molar-refractivity contribution is 0.159. The van der Waals surface area contributed by atoms with Crippen molar-refractivity contribution in [3.05, 3.63) is 0 Å². The molecule has 0 saturated heterocycles. The first-order valence-corrected chi connectivity index (χ1v) is 4.26. The largest absolute Gasteiger partial charge is 0.263 e. The number of hydrogen-bond donors (Lipinski definition) is 0. The second-order valence-electron chi connectivity index (χ2n) is 1.51. The minimum absolute atomic E-state index is 0.147. The average Bonchev–Trinajstić information content (AvgIpc) is 1.87. The van der Waals surface area contributed by atoms with Crippen molar-refractivity contribution in [2.24, 2.45) is 0 Å². The van der Waals surface area contributed by atoms with Crippen molar-refractivity contribution in [1.29, 1.82) is 0 Å². The molecule has 2 unspecified atom stereocenters. The summed E-state index contributed by atoms with van der Waals surface area (Å²) >= 11 is 10.0. The van der Waals surface area contributed by atoms with Gasteiger partial charge in [-0.15, -0.1) is 35.0 Å². The molecule has 0 aliphatic heterocycles. The second kappa shape index (κ2) is 5.32. The first kappa shape index (κ1) is 11.6. The molecule has 0 aliphatic carbocycles. The van der Waals surface area contributed by atoms with Crippen molar-refractivity contribution < 1.29 is 17.6 Å². The van der Waals surface area contributed by atoms with E-state index in [-0.39, 0.29) is 11.8 Å².